The molecule has 0 saturated carbocycles. The van der Waals surface area contributed by atoms with Crippen LogP contribution in [0.5, 0.6) is 5.75 Å². The molecule has 4 heteroatoms. The summed E-state index contributed by atoms with van der Waals surface area (Å²) in [6, 6.07) is 2.53. The zero-order chi connectivity index (χ0) is 10.0. The lowest BCUT2D eigenvalue weighted by atomic mass is 10.3. The fourth-order valence-corrected chi connectivity index (χ4v) is 1.08. The normalized spacial score (nSPS) is 10.5. The topological polar surface area (TPSA) is 35.2 Å². The van der Waals surface area contributed by atoms with Gasteiger partial charge in [-0.15, -0.1) is 0 Å². The highest BCUT2D eigenvalue weighted by Crippen LogP contribution is 2.29. The molecule has 0 heterocycles. The van der Waals surface area contributed by atoms with Crippen LogP contribution in [0.25, 0.3) is 0 Å². The molecular formula is C9H11ClFNO. The Labute approximate surface area is 81.4 Å². The molecule has 1 rings (SSSR count). The van der Waals surface area contributed by atoms with Gasteiger partial charge in [-0.25, -0.2) is 4.39 Å². The molecule has 0 atom stereocenters. The van der Waals surface area contributed by atoms with Crippen LogP contribution < -0.4 is 10.5 Å². The highest BCUT2D eigenvalue weighted by atomic mass is 35.5. The van der Waals surface area contributed by atoms with E-state index >= 15 is 0 Å². The van der Waals surface area contributed by atoms with Crippen molar-refractivity contribution >= 4 is 17.3 Å². The molecule has 1 aromatic rings. The summed E-state index contributed by atoms with van der Waals surface area (Å²) < 4.78 is 18.1. The first-order valence-electron chi connectivity index (χ1n) is 3.92. The highest BCUT2D eigenvalue weighted by Gasteiger charge is 2.08. The van der Waals surface area contributed by atoms with Gasteiger partial charge in [0.2, 0.25) is 0 Å². The van der Waals surface area contributed by atoms with Crippen molar-refractivity contribution in [2.45, 2.75) is 20.0 Å². The van der Waals surface area contributed by atoms with Crippen LogP contribution in [0.2, 0.25) is 5.02 Å². The van der Waals surface area contributed by atoms with Gasteiger partial charge in [-0.05, 0) is 19.9 Å². The van der Waals surface area contributed by atoms with E-state index in [1.807, 2.05) is 13.8 Å². The van der Waals surface area contributed by atoms with Gasteiger partial charge in [-0.2, -0.15) is 0 Å². The number of nitrogen functional groups attached to an aromatic ring is 1. The number of anilines is 1. The predicted octanol–water partition coefficient (Wildman–Crippen LogP) is 2.85. The van der Waals surface area contributed by atoms with Crippen molar-refractivity contribution in [1.82, 2.24) is 0 Å². The van der Waals surface area contributed by atoms with Crippen molar-refractivity contribution < 1.29 is 9.13 Å². The van der Waals surface area contributed by atoms with Gasteiger partial charge in [-0.3, -0.25) is 0 Å². The molecule has 72 valence electrons. The summed E-state index contributed by atoms with van der Waals surface area (Å²) >= 11 is 5.73. The van der Waals surface area contributed by atoms with Gasteiger partial charge in [0, 0.05) is 6.07 Å². The standard InChI is InChI=1S/C9H11ClFNO/c1-5(2)13-9-4-8(12)7(11)3-6(9)10/h3-5H,12H2,1-2H3. The average molecular weight is 204 g/mol. The molecule has 0 amide bonds. The summed E-state index contributed by atoms with van der Waals surface area (Å²) in [6.07, 6.45) is -0.0117. The number of hydrogen-bond donors (Lipinski definition) is 1. The van der Waals surface area contributed by atoms with Crippen molar-refractivity contribution in [2.75, 3.05) is 5.73 Å². The minimum atomic E-state index is -0.527. The van der Waals surface area contributed by atoms with Gasteiger partial charge in [-0.1, -0.05) is 11.6 Å². The quantitative estimate of drug-likeness (QED) is 0.751. The molecule has 0 saturated heterocycles. The molecular weight excluding hydrogens is 193 g/mol. The largest absolute Gasteiger partial charge is 0.489 e. The van der Waals surface area contributed by atoms with Gasteiger partial charge < -0.3 is 10.5 Å². The molecule has 0 aliphatic rings. The number of nitrogens with two attached hydrogens (primary N) is 1. The Morgan fingerprint density at radius 1 is 1.46 bits per heavy atom. The van der Waals surface area contributed by atoms with Gasteiger partial charge in [0.05, 0.1) is 16.8 Å². The maximum atomic E-state index is 12.8. The molecule has 1 aromatic carbocycles. The van der Waals surface area contributed by atoms with Crippen LogP contribution in [-0.4, -0.2) is 6.10 Å². The van der Waals surface area contributed by atoms with Gasteiger partial charge in [0.25, 0.3) is 0 Å². The van der Waals surface area contributed by atoms with Crippen LogP contribution in [0, 0.1) is 5.82 Å². The fraction of sp³-hybridized carbons (Fsp3) is 0.333. The SMILES string of the molecule is CC(C)Oc1cc(N)c(F)cc1Cl. The molecule has 0 aromatic heterocycles. The lowest BCUT2D eigenvalue weighted by molar-refractivity contribution is 0.242. The van der Waals surface area contributed by atoms with E-state index in [0.29, 0.717) is 5.75 Å². The Bertz CT molecular complexity index is 315. The first kappa shape index (κ1) is 10.1. The second-order valence-electron chi connectivity index (χ2n) is 2.97. The molecule has 2 nitrogen and oxygen atoms in total. The number of ether oxygens (including phenoxy) is 1. The number of benzene rings is 1. The monoisotopic (exact) mass is 203 g/mol. The van der Waals surface area contributed by atoms with Crippen molar-refractivity contribution in [2.24, 2.45) is 0 Å². The summed E-state index contributed by atoms with van der Waals surface area (Å²) in [5.74, 6) is -0.114. The third-order valence-electron chi connectivity index (χ3n) is 1.41. The lowest BCUT2D eigenvalue weighted by Crippen LogP contribution is -2.06. The summed E-state index contributed by atoms with van der Waals surface area (Å²) in [4.78, 5) is 0. The van der Waals surface area contributed by atoms with E-state index in [2.05, 4.69) is 0 Å². The minimum Gasteiger partial charge on any atom is -0.489 e. The van der Waals surface area contributed by atoms with E-state index in [9.17, 15) is 4.39 Å². The lowest BCUT2D eigenvalue weighted by Gasteiger charge is -2.11. The van der Waals surface area contributed by atoms with E-state index in [-0.39, 0.29) is 16.8 Å². The van der Waals surface area contributed by atoms with E-state index in [4.69, 9.17) is 22.1 Å². The maximum absolute atomic E-state index is 12.8. The molecule has 0 fully saturated rings. The van der Waals surface area contributed by atoms with Crippen LogP contribution >= 0.6 is 11.6 Å². The maximum Gasteiger partial charge on any atom is 0.147 e. The Morgan fingerprint density at radius 3 is 2.62 bits per heavy atom. The van der Waals surface area contributed by atoms with Crippen LogP contribution in [0.15, 0.2) is 12.1 Å². The minimum absolute atomic E-state index is 0.0117. The molecule has 0 aliphatic heterocycles. The molecule has 0 spiro atoms. The molecule has 2 N–H and O–H groups in total. The fourth-order valence-electron chi connectivity index (χ4n) is 0.889. The van der Waals surface area contributed by atoms with Gasteiger partial charge >= 0.3 is 0 Å². The molecule has 0 radical (unpaired) electrons. The van der Waals surface area contributed by atoms with Gasteiger partial charge in [0.1, 0.15) is 11.6 Å². The second-order valence-corrected chi connectivity index (χ2v) is 3.38. The van der Waals surface area contributed by atoms with E-state index in [1.165, 1.54) is 6.07 Å². The van der Waals surface area contributed by atoms with Crippen molar-refractivity contribution in [1.29, 1.82) is 0 Å². The summed E-state index contributed by atoms with van der Waals surface area (Å²) in [5.41, 5.74) is 5.39. The number of halogens is 2. The Hall–Kier alpha value is -0.960. The van der Waals surface area contributed by atoms with Crippen LogP contribution in [0.4, 0.5) is 10.1 Å². The molecule has 13 heavy (non-hydrogen) atoms. The van der Waals surface area contributed by atoms with Crippen molar-refractivity contribution in [3.63, 3.8) is 0 Å². The van der Waals surface area contributed by atoms with Crippen molar-refractivity contribution in [3.8, 4) is 5.75 Å². The van der Waals surface area contributed by atoms with Crippen LogP contribution in [0.3, 0.4) is 0 Å². The number of hydrogen-bond acceptors (Lipinski definition) is 2. The smallest absolute Gasteiger partial charge is 0.147 e. The summed E-state index contributed by atoms with van der Waals surface area (Å²) in [5, 5.41) is 0.236. The third kappa shape index (κ3) is 2.49. The zero-order valence-corrected chi connectivity index (χ0v) is 8.23. The molecule has 0 bridgehead atoms. The van der Waals surface area contributed by atoms with Crippen molar-refractivity contribution in [3.05, 3.63) is 23.0 Å². The van der Waals surface area contributed by atoms with Crippen LogP contribution in [-0.2, 0) is 0 Å². The third-order valence-corrected chi connectivity index (χ3v) is 1.71. The van der Waals surface area contributed by atoms with Crippen LogP contribution in [0.1, 0.15) is 13.8 Å². The van der Waals surface area contributed by atoms with E-state index in [1.54, 1.807) is 0 Å². The Balaban J connectivity index is 3.01. The first-order chi connectivity index (χ1) is 6.00. The summed E-state index contributed by atoms with van der Waals surface area (Å²) in [7, 11) is 0. The average Bonchev–Trinajstić information content (AvgIpc) is 1.99. The molecule has 0 aliphatic carbocycles. The first-order valence-corrected chi connectivity index (χ1v) is 4.29. The Morgan fingerprint density at radius 2 is 2.08 bits per heavy atom. The van der Waals surface area contributed by atoms with E-state index in [0.717, 1.165) is 6.07 Å². The van der Waals surface area contributed by atoms with Gasteiger partial charge in [0.15, 0.2) is 0 Å². The number of rotatable bonds is 2. The zero-order valence-electron chi connectivity index (χ0n) is 7.47. The van der Waals surface area contributed by atoms with E-state index < -0.39 is 5.82 Å². The second kappa shape index (κ2) is 3.83. The molecule has 0 unspecified atom stereocenters. The predicted molar refractivity (Wildman–Crippen MR) is 51.6 cm³/mol. The summed E-state index contributed by atoms with van der Waals surface area (Å²) in [6.45, 7) is 3.71. The Kier molecular flexibility index (Phi) is 2.98. The highest BCUT2D eigenvalue weighted by molar-refractivity contribution is 6.32.